The molecule has 0 N–H and O–H groups in total. The first-order valence-electron chi connectivity index (χ1n) is 7.02. The van der Waals surface area contributed by atoms with Crippen LogP contribution in [-0.4, -0.2) is 0 Å². The number of hydrogen-bond acceptors (Lipinski definition) is 0. The van der Waals surface area contributed by atoms with E-state index in [1.54, 1.807) is 0 Å². The van der Waals surface area contributed by atoms with E-state index in [0.29, 0.717) is 0 Å². The molecule has 0 saturated carbocycles. The fourth-order valence-electron chi connectivity index (χ4n) is 1.93. The smallest absolute Gasteiger partial charge is 0.358 e. The molecule has 0 atom stereocenters. The molecule has 0 saturated heterocycles. The van der Waals surface area contributed by atoms with Gasteiger partial charge in [-0.15, -0.1) is 13.0 Å². The molecule has 0 nitrogen and oxygen atoms in total. The van der Waals surface area contributed by atoms with Gasteiger partial charge in [-0.2, -0.15) is 11.6 Å². The molecule has 0 aromatic heterocycles. The third kappa shape index (κ3) is 15.8. The molecule has 0 unspecified atom stereocenters. The van der Waals surface area contributed by atoms with E-state index in [2.05, 4.69) is 30.9 Å². The Morgan fingerprint density at radius 1 is 1.10 bits per heavy atom. The van der Waals surface area contributed by atoms with Crippen LogP contribution in [0.3, 0.4) is 0 Å². The minimum Gasteiger partial charge on any atom is -0.358 e. The van der Waals surface area contributed by atoms with Crippen LogP contribution in [-0.2, 0) is 26.2 Å². The van der Waals surface area contributed by atoms with Crippen molar-refractivity contribution < 1.29 is 26.2 Å². The van der Waals surface area contributed by atoms with Gasteiger partial charge >= 0.3 is 26.2 Å². The van der Waals surface area contributed by atoms with Crippen LogP contribution in [0.4, 0.5) is 0 Å². The molecule has 0 bridgehead atoms. The normalized spacial score (nSPS) is 13.2. The van der Waals surface area contributed by atoms with Gasteiger partial charge in [-0.1, -0.05) is 38.2 Å². The van der Waals surface area contributed by atoms with Crippen molar-refractivity contribution in [2.45, 2.75) is 51.4 Å². The summed E-state index contributed by atoms with van der Waals surface area (Å²) < 4.78 is 0. The van der Waals surface area contributed by atoms with Crippen LogP contribution >= 0.6 is 0 Å². The standard InChI is InChI=1S/C13H19.C5H5.2CH3.Zr/c1-2-3-4-5-6-7-10-13-11-8-9-12-13;1-2-4-5-3-1;;;/h2,8-9H,1,3-7,10-11H2;1-3H,4H2;2*1H3;/q4*-1;+4. The first-order chi connectivity index (χ1) is 8.93. The molecule has 0 spiro atoms. The number of unbranched alkanes of at least 4 members (excludes halogenated alkanes) is 4. The summed E-state index contributed by atoms with van der Waals surface area (Å²) in [6.07, 6.45) is 28.5. The van der Waals surface area contributed by atoms with Gasteiger partial charge < -0.3 is 14.9 Å². The molecule has 0 radical (unpaired) electrons. The Morgan fingerprint density at radius 2 is 1.86 bits per heavy atom. The van der Waals surface area contributed by atoms with Crippen LogP contribution in [0.15, 0.2) is 48.6 Å². The van der Waals surface area contributed by atoms with Gasteiger partial charge in [0.25, 0.3) is 0 Å². The van der Waals surface area contributed by atoms with Crippen molar-refractivity contribution in [2.24, 2.45) is 0 Å². The zero-order valence-electron chi connectivity index (χ0n) is 13.8. The van der Waals surface area contributed by atoms with Crippen molar-refractivity contribution in [3.05, 3.63) is 75.6 Å². The Hall–Kier alpha value is -0.417. The van der Waals surface area contributed by atoms with Crippen molar-refractivity contribution in [1.29, 1.82) is 0 Å². The zero-order valence-corrected chi connectivity index (χ0v) is 16.3. The van der Waals surface area contributed by atoms with E-state index in [9.17, 15) is 0 Å². The summed E-state index contributed by atoms with van der Waals surface area (Å²) in [6.45, 7) is 3.72. The van der Waals surface area contributed by atoms with Crippen LogP contribution in [0.1, 0.15) is 51.4 Å². The first-order valence-corrected chi connectivity index (χ1v) is 7.02. The number of hydrogen-bond donors (Lipinski definition) is 0. The third-order valence-corrected chi connectivity index (χ3v) is 2.99. The molecule has 0 aliphatic heterocycles. The summed E-state index contributed by atoms with van der Waals surface area (Å²) in [5, 5.41) is 0. The molecule has 0 fully saturated rings. The average molecular weight is 362 g/mol. The van der Waals surface area contributed by atoms with E-state index in [1.807, 2.05) is 24.3 Å². The second-order valence-electron chi connectivity index (χ2n) is 4.60. The second-order valence-corrected chi connectivity index (χ2v) is 4.60. The Bertz CT molecular complexity index is 322. The van der Waals surface area contributed by atoms with Gasteiger partial charge in [-0.05, 0) is 12.8 Å². The topological polar surface area (TPSA) is 0 Å². The maximum absolute atomic E-state index is 3.72. The fraction of sp³-hybridized carbons (Fsp3) is 0.400. The Labute approximate surface area is 152 Å². The summed E-state index contributed by atoms with van der Waals surface area (Å²) in [7, 11) is 0. The molecule has 2 rings (SSSR count). The van der Waals surface area contributed by atoms with E-state index in [1.165, 1.54) is 44.1 Å². The summed E-state index contributed by atoms with van der Waals surface area (Å²) >= 11 is 0. The van der Waals surface area contributed by atoms with Crippen LogP contribution in [0, 0.1) is 27.0 Å². The van der Waals surface area contributed by atoms with E-state index in [-0.39, 0.29) is 41.1 Å². The molecule has 0 heterocycles. The molecule has 114 valence electrons. The molecule has 21 heavy (non-hydrogen) atoms. The van der Waals surface area contributed by atoms with Crippen molar-refractivity contribution in [1.82, 2.24) is 0 Å². The largest absolute Gasteiger partial charge is 4.00 e. The molecule has 2 aliphatic rings. The van der Waals surface area contributed by atoms with Gasteiger partial charge in [0.15, 0.2) is 0 Å². The van der Waals surface area contributed by atoms with Gasteiger partial charge in [-0.25, -0.2) is 24.3 Å². The van der Waals surface area contributed by atoms with Crippen LogP contribution in [0.2, 0.25) is 0 Å². The van der Waals surface area contributed by atoms with Gasteiger partial charge in [0, 0.05) is 0 Å². The maximum Gasteiger partial charge on any atom is 4.00 e. The van der Waals surface area contributed by atoms with Crippen molar-refractivity contribution in [2.75, 3.05) is 0 Å². The van der Waals surface area contributed by atoms with E-state index < -0.39 is 0 Å². The molecule has 1 heteroatoms. The fourth-order valence-corrected chi connectivity index (χ4v) is 1.93. The maximum atomic E-state index is 3.72. The van der Waals surface area contributed by atoms with Gasteiger partial charge in [0.1, 0.15) is 0 Å². The van der Waals surface area contributed by atoms with E-state index in [4.69, 9.17) is 0 Å². The predicted octanol–water partition coefficient (Wildman–Crippen LogP) is 6.41. The number of rotatable bonds is 7. The van der Waals surface area contributed by atoms with Gasteiger partial charge in [0.05, 0.1) is 0 Å². The molecular weight excluding hydrogens is 331 g/mol. The zero-order chi connectivity index (χ0) is 12.9. The van der Waals surface area contributed by atoms with Crippen molar-refractivity contribution >= 4 is 0 Å². The van der Waals surface area contributed by atoms with Crippen molar-refractivity contribution in [3.8, 4) is 0 Å². The summed E-state index contributed by atoms with van der Waals surface area (Å²) in [5.41, 5.74) is 1.49. The molecule has 2 aliphatic carbocycles. The minimum atomic E-state index is 0. The molecule has 0 aromatic rings. The number of allylic oxidation sites excluding steroid dienone is 9. The van der Waals surface area contributed by atoms with Crippen LogP contribution in [0.5, 0.6) is 0 Å². The summed E-state index contributed by atoms with van der Waals surface area (Å²) in [4.78, 5) is 0. The van der Waals surface area contributed by atoms with Crippen molar-refractivity contribution in [3.63, 3.8) is 0 Å². The molecule has 0 amide bonds. The van der Waals surface area contributed by atoms with Gasteiger partial charge in [0.2, 0.25) is 0 Å². The van der Waals surface area contributed by atoms with Gasteiger partial charge in [-0.3, -0.25) is 12.2 Å². The quantitative estimate of drug-likeness (QED) is 0.279. The Morgan fingerprint density at radius 3 is 2.33 bits per heavy atom. The first kappa shape index (κ1) is 25.5. The third-order valence-electron chi connectivity index (χ3n) is 2.99. The van der Waals surface area contributed by atoms with Crippen LogP contribution in [0.25, 0.3) is 0 Å². The minimum absolute atomic E-state index is 0. The molecule has 0 aromatic carbocycles. The predicted molar refractivity (Wildman–Crippen MR) is 92.8 cm³/mol. The Kier molecular flexibility index (Phi) is 23.8. The van der Waals surface area contributed by atoms with E-state index >= 15 is 0 Å². The average Bonchev–Trinajstić information content (AvgIpc) is 3.07. The summed E-state index contributed by atoms with van der Waals surface area (Å²) in [5.74, 6) is 0. The van der Waals surface area contributed by atoms with Crippen LogP contribution < -0.4 is 0 Å². The van der Waals surface area contributed by atoms with E-state index in [0.717, 1.165) is 12.8 Å². The second kappa shape index (κ2) is 19.6. The Balaban J connectivity index is -0.000000349. The molecular formula is C20H30Zr. The monoisotopic (exact) mass is 360 g/mol. The summed E-state index contributed by atoms with van der Waals surface area (Å²) in [6, 6.07) is 0. The SMILES string of the molecule is C=CCCCCCCC1=[C-]C=CC1.[C-]1=CC=CC1.[CH3-].[CH3-].[Zr+4].